The molecule has 26 heavy (non-hydrogen) atoms. The Kier molecular flexibility index (Phi) is 9.57. The summed E-state index contributed by atoms with van der Waals surface area (Å²) in [6, 6.07) is 7.57. The first-order valence-electron chi connectivity index (χ1n) is 8.23. The summed E-state index contributed by atoms with van der Waals surface area (Å²) >= 11 is 1.64. The molecule has 0 saturated heterocycles. The van der Waals surface area contributed by atoms with Crippen LogP contribution in [0, 0.1) is 6.92 Å². The number of guanidine groups is 1. The van der Waals surface area contributed by atoms with Crippen LogP contribution in [-0.2, 0) is 13.1 Å². The van der Waals surface area contributed by atoms with Gasteiger partial charge in [-0.15, -0.1) is 35.3 Å². The number of amides is 1. The molecule has 2 aromatic rings. The summed E-state index contributed by atoms with van der Waals surface area (Å²) in [6.07, 6.45) is 0. The number of hydrogen-bond donors (Lipinski definition) is 2. The van der Waals surface area contributed by atoms with E-state index in [-0.39, 0.29) is 29.9 Å². The standard InChI is InChI=1S/C18H25N5OS.HI/c1-5-19-18(21-11-16-13(2)22-12-25-16)20-10-14-6-8-15(9-7-14)17(24)23(3)4;/h6-9,12H,5,10-11H2,1-4H3,(H2,19,20,21);1H. The number of aryl methyl sites for hydroxylation is 1. The van der Waals surface area contributed by atoms with E-state index >= 15 is 0 Å². The van der Waals surface area contributed by atoms with Crippen LogP contribution in [0.3, 0.4) is 0 Å². The molecule has 0 bridgehead atoms. The number of benzene rings is 1. The summed E-state index contributed by atoms with van der Waals surface area (Å²) in [5, 5.41) is 6.57. The van der Waals surface area contributed by atoms with Crippen LogP contribution >= 0.6 is 35.3 Å². The second-order valence-electron chi connectivity index (χ2n) is 5.81. The van der Waals surface area contributed by atoms with E-state index in [0.717, 1.165) is 23.8 Å². The largest absolute Gasteiger partial charge is 0.357 e. The second-order valence-corrected chi connectivity index (χ2v) is 6.75. The van der Waals surface area contributed by atoms with E-state index in [0.29, 0.717) is 18.7 Å². The van der Waals surface area contributed by atoms with Crippen molar-refractivity contribution < 1.29 is 4.79 Å². The van der Waals surface area contributed by atoms with Gasteiger partial charge < -0.3 is 15.5 Å². The maximum atomic E-state index is 11.9. The summed E-state index contributed by atoms with van der Waals surface area (Å²) in [5.74, 6) is 0.772. The van der Waals surface area contributed by atoms with Crippen LogP contribution in [0.25, 0.3) is 0 Å². The predicted molar refractivity (Wildman–Crippen MR) is 118 cm³/mol. The third-order valence-corrected chi connectivity index (χ3v) is 4.57. The van der Waals surface area contributed by atoms with Crippen LogP contribution in [0.5, 0.6) is 0 Å². The van der Waals surface area contributed by atoms with E-state index in [1.54, 1.807) is 30.3 Å². The molecule has 0 fully saturated rings. The normalized spacial score (nSPS) is 10.8. The van der Waals surface area contributed by atoms with Gasteiger partial charge in [0.1, 0.15) is 0 Å². The maximum Gasteiger partial charge on any atom is 0.253 e. The van der Waals surface area contributed by atoms with Gasteiger partial charge in [0.05, 0.1) is 24.3 Å². The van der Waals surface area contributed by atoms with Crippen molar-refractivity contribution in [3.8, 4) is 0 Å². The van der Waals surface area contributed by atoms with Crippen molar-refractivity contribution in [2.75, 3.05) is 20.6 Å². The lowest BCUT2D eigenvalue weighted by Gasteiger charge is -2.12. The number of thiazole rings is 1. The molecule has 1 aromatic carbocycles. The Bertz CT molecular complexity index is 727. The van der Waals surface area contributed by atoms with Crippen molar-refractivity contribution in [1.29, 1.82) is 0 Å². The molecule has 2 N–H and O–H groups in total. The highest BCUT2D eigenvalue weighted by Crippen LogP contribution is 2.11. The number of aliphatic imine (C=N–C) groups is 1. The Balaban J connectivity index is 0.00000338. The quantitative estimate of drug-likeness (QED) is 0.374. The van der Waals surface area contributed by atoms with Crippen LogP contribution in [0.4, 0.5) is 0 Å². The zero-order valence-corrected chi connectivity index (χ0v) is 18.7. The first-order valence-corrected chi connectivity index (χ1v) is 9.11. The molecular formula is C18H26IN5OS. The van der Waals surface area contributed by atoms with Crippen molar-refractivity contribution in [2.24, 2.45) is 4.99 Å². The maximum absolute atomic E-state index is 11.9. The highest BCUT2D eigenvalue weighted by Gasteiger charge is 2.07. The Morgan fingerprint density at radius 3 is 2.46 bits per heavy atom. The summed E-state index contributed by atoms with van der Waals surface area (Å²) in [7, 11) is 3.50. The fourth-order valence-corrected chi connectivity index (χ4v) is 2.90. The minimum Gasteiger partial charge on any atom is -0.357 e. The van der Waals surface area contributed by atoms with E-state index < -0.39 is 0 Å². The molecule has 0 aliphatic rings. The molecule has 0 unspecified atom stereocenters. The number of hydrogen-bond acceptors (Lipinski definition) is 4. The number of nitrogens with zero attached hydrogens (tertiary/aromatic N) is 3. The minimum absolute atomic E-state index is 0. The van der Waals surface area contributed by atoms with Crippen molar-refractivity contribution in [3.63, 3.8) is 0 Å². The van der Waals surface area contributed by atoms with E-state index in [4.69, 9.17) is 0 Å². The monoisotopic (exact) mass is 487 g/mol. The summed E-state index contributed by atoms with van der Waals surface area (Å²) in [6.45, 7) is 6.10. The van der Waals surface area contributed by atoms with Crippen LogP contribution < -0.4 is 10.6 Å². The van der Waals surface area contributed by atoms with Gasteiger partial charge in [0, 0.05) is 31.1 Å². The van der Waals surface area contributed by atoms with E-state index in [2.05, 4.69) is 20.6 Å². The number of nitrogens with one attached hydrogen (secondary N) is 2. The number of aromatic nitrogens is 1. The van der Waals surface area contributed by atoms with Gasteiger partial charge in [-0.3, -0.25) is 4.79 Å². The topological polar surface area (TPSA) is 69.6 Å². The average Bonchev–Trinajstić information content (AvgIpc) is 3.02. The molecule has 142 valence electrons. The van der Waals surface area contributed by atoms with Crippen LogP contribution in [0.15, 0.2) is 34.8 Å². The molecule has 1 aromatic heterocycles. The number of rotatable bonds is 6. The fourth-order valence-electron chi connectivity index (χ4n) is 2.18. The molecule has 0 aliphatic heterocycles. The highest BCUT2D eigenvalue weighted by atomic mass is 127. The average molecular weight is 487 g/mol. The Labute approximate surface area is 176 Å². The lowest BCUT2D eigenvalue weighted by Crippen LogP contribution is -2.36. The van der Waals surface area contributed by atoms with Crippen LogP contribution in [0.2, 0.25) is 0 Å². The Morgan fingerprint density at radius 1 is 1.23 bits per heavy atom. The molecule has 0 spiro atoms. The second kappa shape index (κ2) is 11.1. The van der Waals surface area contributed by atoms with Gasteiger partial charge >= 0.3 is 0 Å². The summed E-state index contributed by atoms with van der Waals surface area (Å²) in [5.41, 5.74) is 4.65. The molecule has 0 saturated carbocycles. The third-order valence-electron chi connectivity index (χ3n) is 3.63. The van der Waals surface area contributed by atoms with Gasteiger partial charge in [0.25, 0.3) is 5.91 Å². The summed E-state index contributed by atoms with van der Waals surface area (Å²) in [4.78, 5) is 23.5. The number of carbonyl (C=O) groups is 1. The third kappa shape index (κ3) is 6.56. The Hall–Kier alpha value is -1.68. The SMILES string of the molecule is CCNC(=NCc1ccc(C(=O)N(C)C)cc1)NCc1scnc1C.I. The fraction of sp³-hybridized carbons (Fsp3) is 0.389. The zero-order chi connectivity index (χ0) is 18.2. The molecule has 8 heteroatoms. The van der Waals surface area contributed by atoms with Gasteiger partial charge in [-0.2, -0.15) is 0 Å². The smallest absolute Gasteiger partial charge is 0.253 e. The Morgan fingerprint density at radius 2 is 1.92 bits per heavy atom. The van der Waals surface area contributed by atoms with Gasteiger partial charge in [0.15, 0.2) is 5.96 Å². The molecule has 2 rings (SSSR count). The first-order chi connectivity index (χ1) is 12.0. The molecule has 1 amide bonds. The molecule has 6 nitrogen and oxygen atoms in total. The predicted octanol–water partition coefficient (Wildman–Crippen LogP) is 3.03. The van der Waals surface area contributed by atoms with E-state index in [1.807, 2.05) is 43.6 Å². The molecule has 0 aliphatic carbocycles. The summed E-state index contributed by atoms with van der Waals surface area (Å²) < 4.78 is 0. The minimum atomic E-state index is 0. The molecule has 0 atom stereocenters. The lowest BCUT2D eigenvalue weighted by atomic mass is 10.1. The van der Waals surface area contributed by atoms with Crippen molar-refractivity contribution in [2.45, 2.75) is 26.9 Å². The van der Waals surface area contributed by atoms with Crippen LogP contribution in [0.1, 0.15) is 33.4 Å². The van der Waals surface area contributed by atoms with Crippen molar-refractivity contribution in [3.05, 3.63) is 51.5 Å². The zero-order valence-electron chi connectivity index (χ0n) is 15.6. The van der Waals surface area contributed by atoms with Gasteiger partial charge in [0.2, 0.25) is 0 Å². The first kappa shape index (κ1) is 22.4. The molecule has 1 heterocycles. The van der Waals surface area contributed by atoms with Crippen molar-refractivity contribution >= 4 is 47.2 Å². The van der Waals surface area contributed by atoms with E-state index in [1.165, 1.54) is 4.88 Å². The van der Waals surface area contributed by atoms with Gasteiger partial charge in [-0.05, 0) is 31.5 Å². The number of halogens is 1. The van der Waals surface area contributed by atoms with Crippen LogP contribution in [-0.4, -0.2) is 42.4 Å². The lowest BCUT2D eigenvalue weighted by molar-refractivity contribution is 0.0827. The van der Waals surface area contributed by atoms with Gasteiger partial charge in [-0.25, -0.2) is 9.98 Å². The molecule has 0 radical (unpaired) electrons. The van der Waals surface area contributed by atoms with Gasteiger partial charge in [-0.1, -0.05) is 12.1 Å². The van der Waals surface area contributed by atoms with E-state index in [9.17, 15) is 4.79 Å². The number of carbonyl (C=O) groups excluding carboxylic acids is 1. The highest BCUT2D eigenvalue weighted by molar-refractivity contribution is 14.0. The van der Waals surface area contributed by atoms with Crippen molar-refractivity contribution in [1.82, 2.24) is 20.5 Å². The molecular weight excluding hydrogens is 461 g/mol.